The molecule has 0 amide bonds. The van der Waals surface area contributed by atoms with Gasteiger partial charge in [-0.25, -0.2) is 0 Å². The van der Waals surface area contributed by atoms with Gasteiger partial charge in [0, 0.05) is 63.7 Å². The Morgan fingerprint density at radius 3 is 1.09 bits per heavy atom. The molecule has 0 bridgehead atoms. The van der Waals surface area contributed by atoms with E-state index in [9.17, 15) is 0 Å². The summed E-state index contributed by atoms with van der Waals surface area (Å²) in [7, 11) is -3.06. The smallest absolute Gasteiger partial charge is 0.420 e. The Balaban J connectivity index is 1.59. The van der Waals surface area contributed by atoms with Crippen LogP contribution in [0.1, 0.15) is 0 Å². The van der Waals surface area contributed by atoms with E-state index < -0.39 is 35.9 Å². The lowest BCUT2D eigenvalue weighted by atomic mass is 11.8. The minimum Gasteiger partial charge on any atom is -0.420 e. The summed E-state index contributed by atoms with van der Waals surface area (Å²) < 4.78 is 20.8. The molecule has 0 saturated carbocycles. The van der Waals surface area contributed by atoms with Gasteiger partial charge in [-0.3, -0.25) is 0 Å². The van der Waals surface area contributed by atoms with Crippen molar-refractivity contribution >= 4 is 93.0 Å². The summed E-state index contributed by atoms with van der Waals surface area (Å²) in [6.07, 6.45) is 0. The van der Waals surface area contributed by atoms with Crippen molar-refractivity contribution in [2.24, 2.45) is 0 Å². The number of hydrogen-bond acceptors (Lipinski definition) is 3. The van der Waals surface area contributed by atoms with Crippen LogP contribution in [0.25, 0.3) is 0 Å². The zero-order chi connectivity index (χ0) is 16.0. The zero-order valence-corrected chi connectivity index (χ0v) is 28.0. The average molecular weight is 485 g/mol. The van der Waals surface area contributed by atoms with E-state index in [1.54, 1.807) is 51.0 Å². The van der Waals surface area contributed by atoms with Crippen molar-refractivity contribution in [3.05, 3.63) is 0 Å². The Morgan fingerprint density at radius 1 is 0.565 bits per heavy atom. The number of hydrogen-bond donors (Lipinski definition) is 0. The lowest BCUT2D eigenvalue weighted by molar-refractivity contribution is 0.276. The van der Waals surface area contributed by atoms with Crippen molar-refractivity contribution in [1.82, 2.24) is 0 Å². The van der Waals surface area contributed by atoms with Gasteiger partial charge in [0.05, 0.1) is 0 Å². The highest BCUT2D eigenvalue weighted by Crippen LogP contribution is 2.24. The van der Waals surface area contributed by atoms with Crippen molar-refractivity contribution in [2.75, 3.05) is 0 Å². The molecule has 23 heavy (non-hydrogen) atoms. The fourth-order valence-electron chi connectivity index (χ4n) is 4.54. The van der Waals surface area contributed by atoms with Crippen LogP contribution in [-0.2, 0) is 12.3 Å². The Kier molecular flexibility index (Phi) is 8.95. The van der Waals surface area contributed by atoms with E-state index in [1.165, 1.54) is 0 Å². The summed E-state index contributed by atoms with van der Waals surface area (Å²) >= 11 is 0. The Hall–Kier alpha value is 2.05. The molecule has 0 radical (unpaired) electrons. The predicted octanol–water partition coefficient (Wildman–Crippen LogP) is -3.30. The van der Waals surface area contributed by atoms with Crippen molar-refractivity contribution in [3.63, 3.8) is 0 Å². The van der Waals surface area contributed by atoms with Crippen LogP contribution in [0.5, 0.6) is 0 Å². The van der Waals surface area contributed by atoms with E-state index in [0.717, 1.165) is 0 Å². The first kappa shape index (κ1) is 19.8. The monoisotopic (exact) mass is 484 g/mol. The first-order valence-corrected chi connectivity index (χ1v) is 30.8. The molecule has 3 heterocycles. The highest BCUT2D eigenvalue weighted by molar-refractivity contribution is 6.91. The third kappa shape index (κ3) is 6.94. The molecule has 3 aliphatic heterocycles. The Bertz CT molecular complexity index is 295. The van der Waals surface area contributed by atoms with Gasteiger partial charge in [0.2, 0.25) is 0 Å². The highest BCUT2D eigenvalue weighted by Gasteiger charge is 2.42. The molecule has 3 saturated heterocycles. The van der Waals surface area contributed by atoms with Gasteiger partial charge in [-0.05, 0) is 34.0 Å². The average Bonchev–Trinajstić information content (AvgIpc) is 2.57. The summed E-state index contributed by atoms with van der Waals surface area (Å²) in [6.45, 7) is 2.38. The van der Waals surface area contributed by atoms with Gasteiger partial charge >= 0.3 is 8.80 Å². The van der Waals surface area contributed by atoms with Crippen LogP contribution in [0.4, 0.5) is 0 Å². The lowest BCUT2D eigenvalue weighted by Gasteiger charge is -2.38. The van der Waals surface area contributed by atoms with Gasteiger partial charge in [0.1, 0.15) is 0 Å². The molecule has 0 unspecified atom stereocenters. The largest absolute Gasteiger partial charge is 0.465 e. The summed E-state index contributed by atoms with van der Waals surface area (Å²) in [5.41, 5.74) is 14.6. The zero-order valence-electron chi connectivity index (χ0n) is 15.1. The van der Waals surface area contributed by atoms with Gasteiger partial charge in [-0.15, -0.1) is 0 Å². The van der Waals surface area contributed by atoms with Crippen molar-refractivity contribution in [3.8, 4) is 0 Å². The molecule has 3 fully saturated rings. The molecule has 0 spiro atoms. The van der Waals surface area contributed by atoms with Crippen LogP contribution in [0.3, 0.4) is 0 Å². The van der Waals surface area contributed by atoms with Crippen LogP contribution in [0, 0.1) is 0 Å². The predicted molar refractivity (Wildman–Crippen MR) is 131 cm³/mol. The quantitative estimate of drug-likeness (QED) is 0.370. The fraction of sp³-hybridized carbons (Fsp3) is 1.00. The highest BCUT2D eigenvalue weighted by atomic mass is 28.5. The van der Waals surface area contributed by atoms with Gasteiger partial charge in [0.25, 0.3) is 0 Å². The minimum atomic E-state index is -2.19. The molecule has 134 valence electrons. The molecule has 0 aromatic rings. The van der Waals surface area contributed by atoms with E-state index in [4.69, 9.17) is 12.3 Å². The Morgan fingerprint density at radius 2 is 0.826 bits per heavy atom. The summed E-state index contributed by atoms with van der Waals surface area (Å²) in [6, 6.07) is 0. The third-order valence-electron chi connectivity index (χ3n) is 5.80. The SMILES string of the molecule is C[Si](O[SiH]1C[SiH2]C[SiH2]C1)(O[SiH]1C[SiH2]C[SiH2]C1)O[SiH]1C[SiH2]C[SiH2]C1. The van der Waals surface area contributed by atoms with Crippen LogP contribution in [0.15, 0.2) is 0 Å². The van der Waals surface area contributed by atoms with Gasteiger partial charge in [-0.2, -0.15) is 0 Å². The molecule has 3 aliphatic rings. The fourth-order valence-corrected chi connectivity index (χ4v) is 72.1. The minimum absolute atomic E-state index is 0.290. The standard InChI is InChI=1S/C10H36O3Si10/c1-23(11-20-5-14-2-15-6-20,12-21-7-16-3-17-8-21)13-22-9-18-4-19-10-22/h20-22H,2-10,14-19H2,1H3. The lowest BCUT2D eigenvalue weighted by Crippen LogP contribution is -2.55. The summed E-state index contributed by atoms with van der Waals surface area (Å²) in [5.74, 6) is 0. The number of rotatable bonds is 6. The second-order valence-electron chi connectivity index (χ2n) is 8.00. The maximum absolute atomic E-state index is 6.92. The second kappa shape index (κ2) is 10.4. The molecule has 3 nitrogen and oxygen atoms in total. The second-order valence-corrected chi connectivity index (χ2v) is 42.9. The third-order valence-corrected chi connectivity index (χ3v) is 52.2. The van der Waals surface area contributed by atoms with Gasteiger partial charge in [0.15, 0.2) is 27.1 Å². The molecule has 0 aromatic carbocycles. The normalized spacial score (nSPS) is 41.9. The van der Waals surface area contributed by atoms with E-state index in [1.807, 2.05) is 0 Å². The molecular weight excluding hydrogens is 449 g/mol. The maximum Gasteiger partial charge on any atom is 0.465 e. The van der Waals surface area contributed by atoms with Crippen LogP contribution < -0.4 is 0 Å². The van der Waals surface area contributed by atoms with Crippen molar-refractivity contribution in [1.29, 1.82) is 0 Å². The van der Waals surface area contributed by atoms with E-state index in [-0.39, 0.29) is 0 Å². The first-order valence-electron chi connectivity index (χ1n) is 10.3. The van der Waals surface area contributed by atoms with E-state index in [2.05, 4.69) is 6.55 Å². The van der Waals surface area contributed by atoms with Crippen molar-refractivity contribution in [2.45, 2.75) is 57.6 Å². The molecule has 0 N–H and O–H groups in total. The van der Waals surface area contributed by atoms with Crippen molar-refractivity contribution < 1.29 is 12.3 Å². The van der Waals surface area contributed by atoms with Gasteiger partial charge in [-0.1, -0.05) is 17.0 Å². The first-order chi connectivity index (χ1) is 11.2. The Labute approximate surface area is 162 Å². The molecule has 13 heteroatoms. The van der Waals surface area contributed by atoms with E-state index >= 15 is 0 Å². The van der Waals surface area contributed by atoms with Crippen LogP contribution >= 0.6 is 0 Å². The maximum atomic E-state index is 6.92. The van der Waals surface area contributed by atoms with E-state index in [0.29, 0.717) is 57.1 Å². The van der Waals surface area contributed by atoms with Crippen LogP contribution in [0.2, 0.25) is 57.6 Å². The molecule has 3 rings (SSSR count). The van der Waals surface area contributed by atoms with Gasteiger partial charge < -0.3 is 12.3 Å². The molecular formula is C10H36O3Si10. The van der Waals surface area contributed by atoms with Crippen LogP contribution in [-0.4, -0.2) is 93.0 Å². The summed E-state index contributed by atoms with van der Waals surface area (Å²) in [4.78, 5) is 0. The summed E-state index contributed by atoms with van der Waals surface area (Å²) in [5, 5.41) is 0. The molecule has 0 aromatic heterocycles. The molecule has 0 aliphatic carbocycles. The molecule has 0 atom stereocenters. The topological polar surface area (TPSA) is 27.7 Å².